The molecule has 234 valence electrons. The number of rotatable bonds is 5. The molecule has 0 N–H and O–H groups in total. The summed E-state index contributed by atoms with van der Waals surface area (Å²) in [6.45, 7) is 0. The number of thiophene rings is 1. The van der Waals surface area contributed by atoms with Crippen LogP contribution < -0.4 is 4.90 Å². The van der Waals surface area contributed by atoms with Crippen molar-refractivity contribution in [2.75, 3.05) is 4.90 Å². The molecule has 10 rings (SSSR count). The standard InChI is InChI=1S/C48H31NS/c1-2-12-32(13-3-1)33-24-27-36(28-25-33)49(46-31-45-38-17-5-4-14-34(38)26-29-41(45)40-18-6-7-19-42(40)46)37-16-10-15-35(30-37)39-21-11-22-44-43-20-8-9-23-47(43)50-48(39)44/h1-31H. The van der Waals surface area contributed by atoms with E-state index in [1.807, 2.05) is 11.3 Å². The zero-order valence-electron chi connectivity index (χ0n) is 27.3. The van der Waals surface area contributed by atoms with Crippen LogP contribution in [0, 0.1) is 0 Å². The zero-order chi connectivity index (χ0) is 33.0. The molecular weight excluding hydrogens is 623 g/mol. The highest BCUT2D eigenvalue weighted by Gasteiger charge is 2.20. The molecule has 0 radical (unpaired) electrons. The molecule has 0 bridgehead atoms. The Kier molecular flexibility index (Phi) is 6.75. The first-order valence-electron chi connectivity index (χ1n) is 17.1. The number of anilines is 3. The summed E-state index contributed by atoms with van der Waals surface area (Å²) in [5, 5.41) is 10.2. The van der Waals surface area contributed by atoms with E-state index in [1.54, 1.807) is 0 Å². The Morgan fingerprint density at radius 1 is 0.340 bits per heavy atom. The first kappa shape index (κ1) is 28.8. The molecule has 1 nitrogen and oxygen atoms in total. The second-order valence-corrected chi connectivity index (χ2v) is 14.0. The van der Waals surface area contributed by atoms with E-state index < -0.39 is 0 Å². The highest BCUT2D eigenvalue weighted by atomic mass is 32.1. The van der Waals surface area contributed by atoms with Gasteiger partial charge in [-0.1, -0.05) is 152 Å². The summed E-state index contributed by atoms with van der Waals surface area (Å²) >= 11 is 1.88. The average Bonchev–Trinajstić information content (AvgIpc) is 3.58. The van der Waals surface area contributed by atoms with Crippen molar-refractivity contribution in [3.05, 3.63) is 188 Å². The lowest BCUT2D eigenvalue weighted by molar-refractivity contribution is 1.30. The van der Waals surface area contributed by atoms with Crippen molar-refractivity contribution in [1.82, 2.24) is 0 Å². The van der Waals surface area contributed by atoms with E-state index in [4.69, 9.17) is 0 Å². The predicted octanol–water partition coefficient (Wildman–Crippen LogP) is 14.3. The van der Waals surface area contributed by atoms with Crippen molar-refractivity contribution in [2.24, 2.45) is 0 Å². The fourth-order valence-corrected chi connectivity index (χ4v) is 8.91. The average molecular weight is 654 g/mol. The monoisotopic (exact) mass is 653 g/mol. The smallest absolute Gasteiger partial charge is 0.0546 e. The topological polar surface area (TPSA) is 3.24 Å². The summed E-state index contributed by atoms with van der Waals surface area (Å²) in [5.41, 5.74) is 8.29. The zero-order valence-corrected chi connectivity index (χ0v) is 28.1. The van der Waals surface area contributed by atoms with Crippen LogP contribution in [0.25, 0.3) is 74.7 Å². The van der Waals surface area contributed by atoms with Gasteiger partial charge in [0.25, 0.3) is 0 Å². The van der Waals surface area contributed by atoms with Crippen molar-refractivity contribution in [3.63, 3.8) is 0 Å². The van der Waals surface area contributed by atoms with Crippen molar-refractivity contribution in [1.29, 1.82) is 0 Å². The molecule has 2 heteroatoms. The van der Waals surface area contributed by atoms with Crippen LogP contribution in [0.1, 0.15) is 0 Å². The number of fused-ring (bicyclic) bond motifs is 8. The second kappa shape index (κ2) is 11.7. The molecule has 0 aliphatic rings. The van der Waals surface area contributed by atoms with Crippen LogP contribution in [0.5, 0.6) is 0 Å². The van der Waals surface area contributed by atoms with Gasteiger partial charge in [0, 0.05) is 36.9 Å². The lowest BCUT2D eigenvalue weighted by atomic mass is 9.95. The maximum Gasteiger partial charge on any atom is 0.0546 e. The lowest BCUT2D eigenvalue weighted by Gasteiger charge is -2.28. The molecule has 10 aromatic rings. The summed E-state index contributed by atoms with van der Waals surface area (Å²) in [6.07, 6.45) is 0. The van der Waals surface area contributed by atoms with Gasteiger partial charge in [0.05, 0.1) is 5.69 Å². The van der Waals surface area contributed by atoms with E-state index in [2.05, 4.69) is 193 Å². The van der Waals surface area contributed by atoms with Crippen LogP contribution in [0.3, 0.4) is 0 Å². The van der Waals surface area contributed by atoms with E-state index >= 15 is 0 Å². The molecule has 0 atom stereocenters. The predicted molar refractivity (Wildman–Crippen MR) is 217 cm³/mol. The third-order valence-electron chi connectivity index (χ3n) is 10.0. The number of hydrogen-bond donors (Lipinski definition) is 0. The van der Waals surface area contributed by atoms with Gasteiger partial charge in [0.1, 0.15) is 0 Å². The first-order chi connectivity index (χ1) is 24.8. The SMILES string of the molecule is c1ccc(-c2ccc(N(c3cccc(-c4cccc5c4sc4ccccc45)c3)c3cc4c5ccccc5ccc4c4ccccc34)cc2)cc1. The van der Waals surface area contributed by atoms with E-state index in [0.29, 0.717) is 0 Å². The van der Waals surface area contributed by atoms with Crippen LogP contribution in [-0.2, 0) is 0 Å². The third-order valence-corrected chi connectivity index (χ3v) is 11.3. The van der Waals surface area contributed by atoms with Gasteiger partial charge in [0.2, 0.25) is 0 Å². The van der Waals surface area contributed by atoms with Gasteiger partial charge >= 0.3 is 0 Å². The number of nitrogens with zero attached hydrogens (tertiary/aromatic N) is 1. The molecule has 0 amide bonds. The maximum atomic E-state index is 2.45. The summed E-state index contributed by atoms with van der Waals surface area (Å²) in [6, 6.07) is 68.7. The molecule has 0 spiro atoms. The molecule has 0 saturated heterocycles. The number of hydrogen-bond acceptors (Lipinski definition) is 2. The Labute approximate surface area is 294 Å². The van der Waals surface area contributed by atoms with Crippen molar-refractivity contribution in [2.45, 2.75) is 0 Å². The van der Waals surface area contributed by atoms with Crippen molar-refractivity contribution >= 4 is 80.9 Å². The molecule has 0 aliphatic heterocycles. The molecule has 1 heterocycles. The van der Waals surface area contributed by atoms with Gasteiger partial charge in [0.15, 0.2) is 0 Å². The van der Waals surface area contributed by atoms with Crippen LogP contribution in [-0.4, -0.2) is 0 Å². The molecule has 0 saturated carbocycles. The minimum atomic E-state index is 1.12. The van der Waals surface area contributed by atoms with Gasteiger partial charge in [-0.3, -0.25) is 0 Å². The van der Waals surface area contributed by atoms with Crippen molar-refractivity contribution in [3.8, 4) is 22.3 Å². The lowest BCUT2D eigenvalue weighted by Crippen LogP contribution is -2.11. The Morgan fingerprint density at radius 2 is 0.980 bits per heavy atom. The van der Waals surface area contributed by atoms with Gasteiger partial charge < -0.3 is 4.90 Å². The highest BCUT2D eigenvalue weighted by Crippen LogP contribution is 2.46. The second-order valence-electron chi connectivity index (χ2n) is 12.9. The van der Waals surface area contributed by atoms with Crippen molar-refractivity contribution < 1.29 is 0 Å². The number of benzene rings is 9. The molecule has 1 aromatic heterocycles. The summed E-state index contributed by atoms with van der Waals surface area (Å²) in [4.78, 5) is 2.45. The third kappa shape index (κ3) is 4.69. The normalized spacial score (nSPS) is 11.6. The summed E-state index contributed by atoms with van der Waals surface area (Å²) in [5.74, 6) is 0. The minimum absolute atomic E-state index is 1.12. The fourth-order valence-electron chi connectivity index (χ4n) is 7.67. The Bertz CT molecular complexity index is 2870. The van der Waals surface area contributed by atoms with Gasteiger partial charge in [-0.2, -0.15) is 0 Å². The maximum absolute atomic E-state index is 2.45. The highest BCUT2D eigenvalue weighted by molar-refractivity contribution is 7.26. The first-order valence-corrected chi connectivity index (χ1v) is 17.9. The van der Waals surface area contributed by atoms with Gasteiger partial charge in [-0.15, -0.1) is 11.3 Å². The molecule has 50 heavy (non-hydrogen) atoms. The van der Waals surface area contributed by atoms with Crippen LogP contribution in [0.2, 0.25) is 0 Å². The van der Waals surface area contributed by atoms with Gasteiger partial charge in [-0.25, -0.2) is 0 Å². The van der Waals surface area contributed by atoms with Crippen LogP contribution >= 0.6 is 11.3 Å². The Hall–Kier alpha value is -6.22. The van der Waals surface area contributed by atoms with E-state index in [9.17, 15) is 0 Å². The van der Waals surface area contributed by atoms with Crippen LogP contribution in [0.4, 0.5) is 17.1 Å². The Morgan fingerprint density at radius 3 is 1.84 bits per heavy atom. The molecule has 0 unspecified atom stereocenters. The van der Waals surface area contributed by atoms with Gasteiger partial charge in [-0.05, 0) is 85.6 Å². The quantitative estimate of drug-likeness (QED) is 0.167. The van der Waals surface area contributed by atoms with E-state index in [1.165, 1.54) is 74.7 Å². The molecule has 0 aliphatic carbocycles. The molecule has 9 aromatic carbocycles. The largest absolute Gasteiger partial charge is 0.310 e. The Balaban J connectivity index is 1.23. The minimum Gasteiger partial charge on any atom is -0.310 e. The molecule has 0 fully saturated rings. The summed E-state index contributed by atoms with van der Waals surface area (Å²) in [7, 11) is 0. The summed E-state index contributed by atoms with van der Waals surface area (Å²) < 4.78 is 2.65. The van der Waals surface area contributed by atoms with E-state index in [-0.39, 0.29) is 0 Å². The molecular formula is C48H31NS. The van der Waals surface area contributed by atoms with Crippen LogP contribution in [0.15, 0.2) is 188 Å². The fraction of sp³-hybridized carbons (Fsp3) is 0. The van der Waals surface area contributed by atoms with E-state index in [0.717, 1.165) is 17.1 Å².